The Morgan fingerprint density at radius 2 is 2.39 bits per heavy atom. The van der Waals surface area contributed by atoms with E-state index in [2.05, 4.69) is 10.2 Å². The topological polar surface area (TPSA) is 67.6 Å². The summed E-state index contributed by atoms with van der Waals surface area (Å²) in [6, 6.07) is 0. The second kappa shape index (κ2) is 8.39. The third kappa shape index (κ3) is 5.75. The molecule has 1 fully saturated rings. The zero-order chi connectivity index (χ0) is 13.4. The number of amides is 1. The smallest absolute Gasteiger partial charge is 0.234 e. The monoisotopic (exact) mass is 273 g/mol. The first-order valence-corrected chi connectivity index (χ1v) is 6.81. The minimum atomic E-state index is 0.0645. The average Bonchev–Trinajstić information content (AvgIpc) is 2.35. The van der Waals surface area contributed by atoms with Gasteiger partial charge in [-0.05, 0) is 25.8 Å². The van der Waals surface area contributed by atoms with Crippen LogP contribution < -0.4 is 11.1 Å². The van der Waals surface area contributed by atoms with Crippen LogP contribution in [0.2, 0.25) is 0 Å². The number of ether oxygens (including phenoxy) is 1. The van der Waals surface area contributed by atoms with Crippen molar-refractivity contribution in [3.63, 3.8) is 0 Å². The molecule has 1 aliphatic heterocycles. The number of hydrogen-bond acceptors (Lipinski definition) is 4. The maximum absolute atomic E-state index is 11.7. The van der Waals surface area contributed by atoms with Crippen LogP contribution in [0.25, 0.3) is 0 Å². The Kier molecular flexibility index (Phi) is 7.15. The van der Waals surface area contributed by atoms with E-state index in [0.29, 0.717) is 24.7 Å². The number of likely N-dealkylation sites (tertiary alicyclic amines) is 1. The standard InChI is InChI=1S/C12H23N3O2S/c1-17-7-3-5-14-11(16)9-15-6-2-4-10(8-15)12(13)18/h10H,2-9H2,1H3,(H2,13,18)(H,14,16). The van der Waals surface area contributed by atoms with Crippen molar-refractivity contribution in [2.45, 2.75) is 19.3 Å². The lowest BCUT2D eigenvalue weighted by atomic mass is 9.98. The summed E-state index contributed by atoms with van der Waals surface area (Å²) in [7, 11) is 1.66. The largest absolute Gasteiger partial charge is 0.393 e. The highest BCUT2D eigenvalue weighted by atomic mass is 32.1. The fourth-order valence-corrected chi connectivity index (χ4v) is 2.33. The lowest BCUT2D eigenvalue weighted by molar-refractivity contribution is -0.122. The van der Waals surface area contributed by atoms with Crippen molar-refractivity contribution in [1.29, 1.82) is 0 Å². The summed E-state index contributed by atoms with van der Waals surface area (Å²) in [5, 5.41) is 2.88. The second-order valence-corrected chi connectivity index (χ2v) is 5.14. The molecule has 0 radical (unpaired) electrons. The van der Waals surface area contributed by atoms with Crippen LogP contribution in [0, 0.1) is 5.92 Å². The molecule has 18 heavy (non-hydrogen) atoms. The Hall–Kier alpha value is -0.720. The molecule has 1 rings (SSSR count). The van der Waals surface area contributed by atoms with Crippen molar-refractivity contribution in [2.75, 3.05) is 39.9 Å². The molecule has 1 heterocycles. The van der Waals surface area contributed by atoms with E-state index in [1.165, 1.54) is 0 Å². The number of rotatable bonds is 7. The molecule has 6 heteroatoms. The van der Waals surface area contributed by atoms with E-state index in [4.69, 9.17) is 22.7 Å². The zero-order valence-electron chi connectivity index (χ0n) is 11.0. The molecule has 1 unspecified atom stereocenters. The molecule has 1 amide bonds. The Labute approximate surface area is 114 Å². The molecule has 104 valence electrons. The third-order valence-electron chi connectivity index (χ3n) is 3.12. The zero-order valence-corrected chi connectivity index (χ0v) is 11.8. The van der Waals surface area contributed by atoms with Gasteiger partial charge in [0.15, 0.2) is 0 Å². The fourth-order valence-electron chi connectivity index (χ4n) is 2.13. The Bertz CT molecular complexity index is 286. The molecular weight excluding hydrogens is 250 g/mol. The number of nitrogens with two attached hydrogens (primary N) is 1. The van der Waals surface area contributed by atoms with E-state index in [-0.39, 0.29) is 11.8 Å². The third-order valence-corrected chi connectivity index (χ3v) is 3.46. The Morgan fingerprint density at radius 1 is 1.61 bits per heavy atom. The molecule has 1 aliphatic rings. The molecule has 0 aliphatic carbocycles. The minimum Gasteiger partial charge on any atom is -0.393 e. The SMILES string of the molecule is COCCCNC(=O)CN1CCCC(C(N)=S)C1. The molecule has 0 spiro atoms. The Morgan fingerprint density at radius 3 is 3.06 bits per heavy atom. The molecule has 1 atom stereocenters. The number of nitrogens with zero attached hydrogens (tertiary/aromatic N) is 1. The van der Waals surface area contributed by atoms with Crippen molar-refractivity contribution >= 4 is 23.1 Å². The summed E-state index contributed by atoms with van der Waals surface area (Å²) in [5.74, 6) is 0.324. The summed E-state index contributed by atoms with van der Waals surface area (Å²) in [4.78, 5) is 14.4. The van der Waals surface area contributed by atoms with Crippen LogP contribution in [0.3, 0.4) is 0 Å². The van der Waals surface area contributed by atoms with Crippen molar-refractivity contribution in [1.82, 2.24) is 10.2 Å². The van der Waals surface area contributed by atoms with Crippen molar-refractivity contribution in [2.24, 2.45) is 11.7 Å². The maximum Gasteiger partial charge on any atom is 0.234 e. The molecule has 0 aromatic rings. The van der Waals surface area contributed by atoms with Crippen LogP contribution in [0.4, 0.5) is 0 Å². The number of thiocarbonyl (C=S) groups is 1. The summed E-state index contributed by atoms with van der Waals surface area (Å²) >= 11 is 5.02. The molecule has 0 aromatic heterocycles. The van der Waals surface area contributed by atoms with Gasteiger partial charge in [0.25, 0.3) is 0 Å². The summed E-state index contributed by atoms with van der Waals surface area (Å²) < 4.78 is 4.92. The van der Waals surface area contributed by atoms with Gasteiger partial charge in [-0.15, -0.1) is 0 Å². The fraction of sp³-hybridized carbons (Fsp3) is 0.833. The molecule has 0 aromatic carbocycles. The van der Waals surface area contributed by atoms with Crippen molar-refractivity contribution < 1.29 is 9.53 Å². The summed E-state index contributed by atoms with van der Waals surface area (Å²) in [6.07, 6.45) is 2.94. The molecule has 1 saturated heterocycles. The second-order valence-electron chi connectivity index (χ2n) is 4.67. The molecule has 3 N–H and O–H groups in total. The predicted molar refractivity (Wildman–Crippen MR) is 75.5 cm³/mol. The highest BCUT2D eigenvalue weighted by molar-refractivity contribution is 7.80. The van der Waals surface area contributed by atoms with Crippen molar-refractivity contribution in [3.05, 3.63) is 0 Å². The van der Waals surface area contributed by atoms with Gasteiger partial charge in [-0.2, -0.15) is 0 Å². The van der Waals surface area contributed by atoms with Gasteiger partial charge in [0, 0.05) is 32.7 Å². The van der Waals surface area contributed by atoms with E-state index in [1.807, 2.05) is 0 Å². The van der Waals surface area contributed by atoms with Crippen molar-refractivity contribution in [3.8, 4) is 0 Å². The first-order chi connectivity index (χ1) is 8.63. The van der Waals surface area contributed by atoms with Gasteiger partial charge < -0.3 is 15.8 Å². The van der Waals surface area contributed by atoms with Crippen LogP contribution in [0.15, 0.2) is 0 Å². The number of nitrogens with one attached hydrogen (secondary N) is 1. The number of carbonyl (C=O) groups is 1. The van der Waals surface area contributed by atoms with Crippen LogP contribution >= 0.6 is 12.2 Å². The van der Waals surface area contributed by atoms with Gasteiger partial charge in [0.1, 0.15) is 0 Å². The number of piperidine rings is 1. The van der Waals surface area contributed by atoms with Gasteiger partial charge >= 0.3 is 0 Å². The summed E-state index contributed by atoms with van der Waals surface area (Å²) in [5.41, 5.74) is 5.66. The van der Waals surface area contributed by atoms with Crippen LogP contribution in [0.1, 0.15) is 19.3 Å². The van der Waals surface area contributed by atoms with E-state index in [1.54, 1.807) is 7.11 Å². The van der Waals surface area contributed by atoms with E-state index in [0.717, 1.165) is 32.4 Å². The Balaban J connectivity index is 2.20. The van der Waals surface area contributed by atoms with E-state index >= 15 is 0 Å². The normalized spacial score (nSPS) is 20.6. The highest BCUT2D eigenvalue weighted by Gasteiger charge is 2.22. The molecule has 0 bridgehead atoms. The van der Waals surface area contributed by atoms with Gasteiger partial charge in [-0.3, -0.25) is 9.69 Å². The van der Waals surface area contributed by atoms with Gasteiger partial charge in [0.05, 0.1) is 11.5 Å². The van der Waals surface area contributed by atoms with Crippen LogP contribution in [-0.4, -0.2) is 55.7 Å². The van der Waals surface area contributed by atoms with E-state index < -0.39 is 0 Å². The number of hydrogen-bond donors (Lipinski definition) is 2. The maximum atomic E-state index is 11.7. The molecular formula is C12H23N3O2S. The van der Waals surface area contributed by atoms with Crippen LogP contribution in [0.5, 0.6) is 0 Å². The first kappa shape index (κ1) is 15.3. The van der Waals surface area contributed by atoms with E-state index in [9.17, 15) is 4.79 Å². The molecule has 0 saturated carbocycles. The average molecular weight is 273 g/mol. The first-order valence-electron chi connectivity index (χ1n) is 6.40. The lowest BCUT2D eigenvalue weighted by Crippen LogP contribution is -2.45. The predicted octanol–water partition coefficient (Wildman–Crippen LogP) is 0.137. The summed E-state index contributed by atoms with van der Waals surface area (Å²) in [6.45, 7) is 3.53. The van der Waals surface area contributed by atoms with Crippen LogP contribution in [-0.2, 0) is 9.53 Å². The van der Waals surface area contributed by atoms with Gasteiger partial charge in [-0.25, -0.2) is 0 Å². The quantitative estimate of drug-likeness (QED) is 0.510. The lowest BCUT2D eigenvalue weighted by Gasteiger charge is -2.31. The number of carbonyl (C=O) groups excluding carboxylic acids is 1. The highest BCUT2D eigenvalue weighted by Crippen LogP contribution is 2.16. The van der Waals surface area contributed by atoms with Gasteiger partial charge in [-0.1, -0.05) is 12.2 Å². The number of methoxy groups -OCH3 is 1. The molecule has 5 nitrogen and oxygen atoms in total. The minimum absolute atomic E-state index is 0.0645. The van der Waals surface area contributed by atoms with Gasteiger partial charge in [0.2, 0.25) is 5.91 Å².